The average molecular weight is 999 g/mol. The summed E-state index contributed by atoms with van der Waals surface area (Å²) in [5.74, 6) is -2.96. The minimum absolute atomic E-state index is 0.0278. The van der Waals surface area contributed by atoms with Crippen LogP contribution in [0.3, 0.4) is 0 Å². The first-order chi connectivity index (χ1) is 33.9. The summed E-state index contributed by atoms with van der Waals surface area (Å²) in [7, 11) is 7.54. The number of hydrogen-bond donors (Lipinski definition) is 1. The highest BCUT2D eigenvalue weighted by atomic mass is 16.6. The van der Waals surface area contributed by atoms with Gasteiger partial charge in [-0.25, -0.2) is 19.7 Å². The molecule has 0 fully saturated rings. The maximum absolute atomic E-state index is 13.7. The Morgan fingerprint density at radius 2 is 1.62 bits per heavy atom. The van der Waals surface area contributed by atoms with Crippen LogP contribution in [-0.2, 0) is 57.1 Å². The van der Waals surface area contributed by atoms with Crippen LogP contribution in [0.15, 0.2) is 50.4 Å². The Kier molecular flexibility index (Phi) is 23.8. The second kappa shape index (κ2) is 29.1. The summed E-state index contributed by atoms with van der Waals surface area (Å²) in [6.45, 7) is 10.7. The Balaban J connectivity index is 1.59. The zero-order valence-corrected chi connectivity index (χ0v) is 43.0. The fourth-order valence-electron chi connectivity index (χ4n) is 8.57. The van der Waals surface area contributed by atoms with Gasteiger partial charge in [-0.2, -0.15) is 0 Å². The van der Waals surface area contributed by atoms with Gasteiger partial charge in [-0.15, -0.1) is 0 Å². The number of Topliss-reactive ketones (excluding diaryl/α,β-unsaturated/α-hetero) is 1. The van der Waals surface area contributed by atoms with E-state index in [0.29, 0.717) is 49.2 Å². The molecule has 4 rings (SSSR count). The van der Waals surface area contributed by atoms with Crippen molar-refractivity contribution < 1.29 is 75.5 Å². The monoisotopic (exact) mass is 999 g/mol. The molecule has 3 aromatic rings. The van der Waals surface area contributed by atoms with Crippen LogP contribution < -0.4 is 0 Å². The SMILES string of the molecule is COC[C@@H](OC)C(=O)O[C@H](CC[C@H](C)[C@H](C[C@@H]1OC(=O)C[C@@H](O)CCCC(=O)C[C@H](C)c2coc(n2)-c2coc(n2)-c2coc(n2)C=CC[C@H](OC)[C@H]1C)OC)[C@H](C)[C@H](OC(C)=O)[C@@H](C)C=CN(C)C=O. The second-order valence-corrected chi connectivity index (χ2v) is 18.5. The van der Waals surface area contributed by atoms with E-state index in [-0.39, 0.29) is 74.0 Å². The van der Waals surface area contributed by atoms with Crippen molar-refractivity contribution in [2.75, 3.05) is 42.1 Å². The van der Waals surface area contributed by atoms with Gasteiger partial charge in [0.25, 0.3) is 0 Å². The third-order valence-electron chi connectivity index (χ3n) is 13.0. The molecule has 20 heteroatoms. The minimum Gasteiger partial charge on any atom is -0.462 e. The number of aliphatic hydroxyl groups excluding tert-OH is 1. The molecule has 0 saturated carbocycles. The van der Waals surface area contributed by atoms with E-state index in [0.717, 1.165) is 0 Å². The molecular formula is C51H74N4O16. The lowest BCUT2D eigenvalue weighted by Crippen LogP contribution is -2.42. The number of rotatable bonds is 20. The number of aromatic nitrogens is 3. The molecule has 0 aromatic carbocycles. The first-order valence-electron chi connectivity index (χ1n) is 24.1. The van der Waals surface area contributed by atoms with Crippen molar-refractivity contribution in [1.82, 2.24) is 19.9 Å². The predicted molar refractivity (Wildman–Crippen MR) is 257 cm³/mol. The van der Waals surface area contributed by atoms with E-state index in [4.69, 9.17) is 46.4 Å². The molecule has 4 heterocycles. The van der Waals surface area contributed by atoms with Crippen molar-refractivity contribution in [1.29, 1.82) is 0 Å². The van der Waals surface area contributed by atoms with Crippen LogP contribution in [0.25, 0.3) is 29.2 Å². The molecule has 12 atom stereocenters. The van der Waals surface area contributed by atoms with E-state index in [2.05, 4.69) is 15.0 Å². The number of ether oxygens (including phenoxy) is 7. The topological polar surface area (TPSA) is 252 Å². The number of aliphatic hydroxyl groups is 1. The lowest BCUT2D eigenvalue weighted by molar-refractivity contribution is -0.173. The van der Waals surface area contributed by atoms with E-state index >= 15 is 0 Å². The molecule has 71 heavy (non-hydrogen) atoms. The molecule has 0 radical (unpaired) electrons. The van der Waals surface area contributed by atoms with E-state index in [9.17, 15) is 29.1 Å². The van der Waals surface area contributed by atoms with Crippen molar-refractivity contribution in [2.45, 2.75) is 148 Å². The normalized spacial score (nSPS) is 22.7. The van der Waals surface area contributed by atoms with Crippen LogP contribution in [-0.4, -0.2) is 140 Å². The predicted octanol–water partition coefficient (Wildman–Crippen LogP) is 7.15. The van der Waals surface area contributed by atoms with Gasteiger partial charge in [0.05, 0.1) is 37.0 Å². The highest BCUT2D eigenvalue weighted by molar-refractivity contribution is 5.79. The highest BCUT2D eigenvalue weighted by Crippen LogP contribution is 2.32. The molecule has 0 saturated heterocycles. The molecule has 20 nitrogen and oxygen atoms in total. The van der Waals surface area contributed by atoms with Gasteiger partial charge in [-0.1, -0.05) is 46.8 Å². The molecular weight excluding hydrogens is 925 g/mol. The lowest BCUT2D eigenvalue weighted by Gasteiger charge is -2.35. The molecule has 0 spiro atoms. The molecule has 3 aromatic heterocycles. The van der Waals surface area contributed by atoms with E-state index < -0.39 is 78.4 Å². The van der Waals surface area contributed by atoms with Gasteiger partial charge < -0.3 is 56.4 Å². The fraction of sp³-hybridized carbons (Fsp3) is 0.647. The summed E-state index contributed by atoms with van der Waals surface area (Å²) in [5, 5.41) is 11.0. The van der Waals surface area contributed by atoms with Crippen LogP contribution in [0.1, 0.15) is 117 Å². The van der Waals surface area contributed by atoms with Crippen LogP contribution in [0.4, 0.5) is 0 Å². The smallest absolute Gasteiger partial charge is 0.337 e. The Bertz CT molecular complexity index is 2180. The Morgan fingerprint density at radius 3 is 2.30 bits per heavy atom. The number of nitrogens with zero attached hydrogens (tertiary/aromatic N) is 4. The first kappa shape index (κ1) is 58.0. The van der Waals surface area contributed by atoms with E-state index in [1.54, 1.807) is 39.6 Å². The number of methoxy groups -OCH3 is 4. The number of carbonyl (C=O) groups is 5. The third kappa shape index (κ3) is 17.9. The number of amides is 1. The lowest BCUT2D eigenvalue weighted by atomic mass is 9.83. The van der Waals surface area contributed by atoms with Crippen molar-refractivity contribution in [3.8, 4) is 23.2 Å². The number of esters is 3. The van der Waals surface area contributed by atoms with Crippen molar-refractivity contribution in [2.24, 2.45) is 23.7 Å². The van der Waals surface area contributed by atoms with Gasteiger partial charge in [-0.05, 0) is 44.1 Å². The Hall–Kier alpha value is -5.54. The molecule has 394 valence electrons. The van der Waals surface area contributed by atoms with Gasteiger partial charge in [-0.3, -0.25) is 19.2 Å². The molecule has 1 N–H and O–H groups in total. The molecule has 1 aliphatic rings. The van der Waals surface area contributed by atoms with Crippen molar-refractivity contribution >= 4 is 36.2 Å². The average Bonchev–Trinajstić information content (AvgIpc) is 4.14. The zero-order chi connectivity index (χ0) is 52.2. The fourth-order valence-corrected chi connectivity index (χ4v) is 8.57. The van der Waals surface area contributed by atoms with Crippen LogP contribution in [0, 0.1) is 23.7 Å². The molecule has 1 aliphatic heterocycles. The first-order valence-corrected chi connectivity index (χ1v) is 24.1. The van der Waals surface area contributed by atoms with Crippen molar-refractivity contribution in [3.05, 3.63) is 48.7 Å². The van der Waals surface area contributed by atoms with Gasteiger partial charge in [0, 0.05) is 91.5 Å². The third-order valence-corrected chi connectivity index (χ3v) is 13.0. The highest BCUT2D eigenvalue weighted by Gasteiger charge is 2.38. The zero-order valence-electron chi connectivity index (χ0n) is 43.0. The molecule has 0 aliphatic carbocycles. The van der Waals surface area contributed by atoms with Crippen LogP contribution in [0.5, 0.6) is 0 Å². The number of cyclic esters (lactones) is 1. The summed E-state index contributed by atoms with van der Waals surface area (Å²) >= 11 is 0. The number of fused-ring (bicyclic) bond motifs is 8. The van der Waals surface area contributed by atoms with E-state index in [1.165, 1.54) is 44.8 Å². The number of ketones is 1. The minimum atomic E-state index is -1.06. The summed E-state index contributed by atoms with van der Waals surface area (Å²) in [6.07, 6.45) is 8.42. The largest absolute Gasteiger partial charge is 0.462 e. The summed E-state index contributed by atoms with van der Waals surface area (Å²) in [6, 6.07) is 0. The van der Waals surface area contributed by atoms with Gasteiger partial charge >= 0.3 is 17.9 Å². The summed E-state index contributed by atoms with van der Waals surface area (Å²) in [4.78, 5) is 78.8. The standard InChI is InChI=1S/C51H74N4O16/c1-30(18-19-42(71-51(61)45(65-11)28-62-8)34(5)48(69-35(6)57)31(2)20-21-55(7)29-56)43(64-10)24-44-33(4)41(63-9)16-13-17-46-52-39(26-66-46)49-54-40(27-68-49)50-53-38(25-67-50)32(3)22-36(58)14-12-15-37(59)23-47(60)70-44/h13,17,20-21,25-27,29-34,37,41-45,48,59H,12,14-16,18-19,22-24,28H2,1-11H3/t30-,31-,32-,33+,34-,37-,41-,42+,43-,44-,45+,48+/m0/s1. The van der Waals surface area contributed by atoms with Crippen LogP contribution >= 0.6 is 0 Å². The Labute approximate surface area is 416 Å². The maximum atomic E-state index is 13.7. The van der Waals surface area contributed by atoms with Gasteiger partial charge in [0.2, 0.25) is 24.1 Å². The molecule has 6 bridgehead atoms. The van der Waals surface area contributed by atoms with Gasteiger partial charge in [0.1, 0.15) is 42.9 Å². The molecule has 0 unspecified atom stereocenters. The van der Waals surface area contributed by atoms with Crippen LogP contribution in [0.2, 0.25) is 0 Å². The Morgan fingerprint density at radius 1 is 0.915 bits per heavy atom. The number of carbonyl (C=O) groups excluding carboxylic acids is 5. The van der Waals surface area contributed by atoms with Gasteiger partial charge in [0.15, 0.2) is 17.5 Å². The quantitative estimate of drug-likeness (QED) is 0.0670. The van der Waals surface area contributed by atoms with Crippen molar-refractivity contribution in [3.63, 3.8) is 0 Å². The number of hydrogen-bond acceptors (Lipinski definition) is 19. The molecule has 1 amide bonds. The maximum Gasteiger partial charge on any atom is 0.337 e. The summed E-state index contributed by atoms with van der Waals surface area (Å²) < 4.78 is 57.9. The second-order valence-electron chi connectivity index (χ2n) is 18.5. The van der Waals surface area contributed by atoms with E-state index in [1.807, 2.05) is 40.7 Å². The summed E-state index contributed by atoms with van der Waals surface area (Å²) in [5.41, 5.74) is 1.27. The number of oxazole rings is 3.